The number of rotatable bonds is 5. The van der Waals surface area contributed by atoms with E-state index >= 15 is 0 Å². The summed E-state index contributed by atoms with van der Waals surface area (Å²) in [6, 6.07) is 6.94. The van der Waals surface area contributed by atoms with E-state index in [9.17, 15) is 4.79 Å². The number of hydrogen-bond donors (Lipinski definition) is 0. The van der Waals surface area contributed by atoms with Gasteiger partial charge in [-0.15, -0.1) is 0 Å². The highest BCUT2D eigenvalue weighted by molar-refractivity contribution is 9.10. The van der Waals surface area contributed by atoms with Crippen molar-refractivity contribution in [3.8, 4) is 5.75 Å². The first-order chi connectivity index (χ1) is 9.13. The molecular formula is C14H12Br2O3. The quantitative estimate of drug-likeness (QED) is 0.690. The minimum atomic E-state index is -0.0941. The minimum absolute atomic E-state index is 0.0941. The Morgan fingerprint density at radius 1 is 1.32 bits per heavy atom. The number of ketones is 1. The van der Waals surface area contributed by atoms with Crippen molar-refractivity contribution in [3.05, 3.63) is 50.8 Å². The molecule has 0 unspecified atom stereocenters. The topological polar surface area (TPSA) is 39.4 Å². The van der Waals surface area contributed by atoms with Crippen molar-refractivity contribution in [2.45, 2.75) is 13.3 Å². The van der Waals surface area contributed by atoms with E-state index in [1.807, 2.05) is 6.92 Å². The normalized spacial score (nSPS) is 10.5. The van der Waals surface area contributed by atoms with Crippen molar-refractivity contribution in [1.82, 2.24) is 0 Å². The number of furan rings is 1. The predicted molar refractivity (Wildman–Crippen MR) is 79.8 cm³/mol. The highest BCUT2D eigenvalue weighted by Crippen LogP contribution is 2.28. The second kappa shape index (κ2) is 6.39. The largest absolute Gasteiger partial charge is 0.492 e. The van der Waals surface area contributed by atoms with Crippen molar-refractivity contribution < 1.29 is 13.9 Å². The van der Waals surface area contributed by atoms with E-state index in [1.54, 1.807) is 24.3 Å². The van der Waals surface area contributed by atoms with Crippen LogP contribution in [0.4, 0.5) is 0 Å². The molecule has 1 aromatic heterocycles. The fourth-order valence-electron chi connectivity index (χ4n) is 1.58. The zero-order valence-corrected chi connectivity index (χ0v) is 13.5. The molecule has 0 fully saturated rings. The summed E-state index contributed by atoms with van der Waals surface area (Å²) in [4.78, 5) is 12.3. The first kappa shape index (κ1) is 14.3. The lowest BCUT2D eigenvalue weighted by molar-refractivity contribution is 0.103. The molecule has 100 valence electrons. The third kappa shape index (κ3) is 3.28. The zero-order chi connectivity index (χ0) is 13.8. The Morgan fingerprint density at radius 2 is 2.11 bits per heavy atom. The van der Waals surface area contributed by atoms with Crippen LogP contribution >= 0.6 is 31.9 Å². The van der Waals surface area contributed by atoms with Gasteiger partial charge in [0.05, 0.1) is 22.9 Å². The molecule has 1 heterocycles. The number of halogens is 2. The molecule has 0 aliphatic heterocycles. The summed E-state index contributed by atoms with van der Waals surface area (Å²) in [5.41, 5.74) is 1.09. The van der Waals surface area contributed by atoms with Gasteiger partial charge in [-0.2, -0.15) is 0 Å². The first-order valence-corrected chi connectivity index (χ1v) is 7.42. The monoisotopic (exact) mass is 386 g/mol. The standard InChI is InChI=1S/C14H12Br2O3/c1-2-6-18-12-4-3-9(8-11(12)15)13(17)10-5-7-19-14(10)16/h3-5,7-8H,2,6H2,1H3. The first-order valence-electron chi connectivity index (χ1n) is 5.83. The molecule has 0 saturated heterocycles. The van der Waals surface area contributed by atoms with Crippen molar-refractivity contribution in [2.75, 3.05) is 6.61 Å². The molecule has 0 bridgehead atoms. The van der Waals surface area contributed by atoms with E-state index < -0.39 is 0 Å². The fourth-order valence-corrected chi connectivity index (χ4v) is 2.50. The molecule has 0 amide bonds. The van der Waals surface area contributed by atoms with Crippen LogP contribution < -0.4 is 4.74 Å². The van der Waals surface area contributed by atoms with E-state index in [0.29, 0.717) is 22.4 Å². The van der Waals surface area contributed by atoms with Gasteiger partial charge in [0.25, 0.3) is 0 Å². The van der Waals surface area contributed by atoms with Crippen LogP contribution in [-0.2, 0) is 0 Å². The number of carbonyl (C=O) groups excluding carboxylic acids is 1. The highest BCUT2D eigenvalue weighted by atomic mass is 79.9. The summed E-state index contributed by atoms with van der Waals surface area (Å²) in [7, 11) is 0. The minimum Gasteiger partial charge on any atom is -0.492 e. The second-order valence-electron chi connectivity index (χ2n) is 3.93. The molecule has 5 heteroatoms. The van der Waals surface area contributed by atoms with Crippen molar-refractivity contribution >= 4 is 37.6 Å². The van der Waals surface area contributed by atoms with Crippen LogP contribution in [0.25, 0.3) is 0 Å². The van der Waals surface area contributed by atoms with Gasteiger partial charge in [-0.05, 0) is 62.5 Å². The lowest BCUT2D eigenvalue weighted by Gasteiger charge is -2.08. The van der Waals surface area contributed by atoms with E-state index in [4.69, 9.17) is 9.15 Å². The van der Waals surface area contributed by atoms with Crippen molar-refractivity contribution in [3.63, 3.8) is 0 Å². The highest BCUT2D eigenvalue weighted by Gasteiger charge is 2.16. The smallest absolute Gasteiger partial charge is 0.197 e. The molecule has 0 atom stereocenters. The Labute approximate surface area is 128 Å². The average Bonchev–Trinajstić information content (AvgIpc) is 2.82. The van der Waals surface area contributed by atoms with Gasteiger partial charge in [-0.3, -0.25) is 4.79 Å². The van der Waals surface area contributed by atoms with E-state index in [1.165, 1.54) is 6.26 Å². The predicted octanol–water partition coefficient (Wildman–Crippen LogP) is 4.82. The molecule has 0 N–H and O–H groups in total. The van der Waals surface area contributed by atoms with Crippen LogP contribution in [0.3, 0.4) is 0 Å². The van der Waals surface area contributed by atoms with Crippen LogP contribution in [0.5, 0.6) is 5.75 Å². The molecule has 19 heavy (non-hydrogen) atoms. The van der Waals surface area contributed by atoms with Gasteiger partial charge in [-0.1, -0.05) is 6.92 Å². The van der Waals surface area contributed by atoms with Gasteiger partial charge in [-0.25, -0.2) is 0 Å². The Morgan fingerprint density at radius 3 is 2.68 bits per heavy atom. The Kier molecular flexibility index (Phi) is 4.82. The molecule has 0 aliphatic rings. The number of ether oxygens (including phenoxy) is 1. The number of hydrogen-bond acceptors (Lipinski definition) is 3. The van der Waals surface area contributed by atoms with Gasteiger partial charge in [0.1, 0.15) is 5.75 Å². The molecular weight excluding hydrogens is 376 g/mol. The summed E-state index contributed by atoms with van der Waals surface area (Å²) >= 11 is 6.62. The van der Waals surface area contributed by atoms with Crippen LogP contribution in [-0.4, -0.2) is 12.4 Å². The molecule has 0 spiro atoms. The second-order valence-corrected chi connectivity index (χ2v) is 5.51. The number of carbonyl (C=O) groups is 1. The van der Waals surface area contributed by atoms with Crippen LogP contribution in [0.1, 0.15) is 29.3 Å². The third-order valence-corrected chi connectivity index (χ3v) is 3.75. The summed E-state index contributed by atoms with van der Waals surface area (Å²) in [6.07, 6.45) is 2.42. The summed E-state index contributed by atoms with van der Waals surface area (Å²) in [5.74, 6) is 0.646. The van der Waals surface area contributed by atoms with E-state index in [2.05, 4.69) is 31.9 Å². The maximum atomic E-state index is 12.3. The lowest BCUT2D eigenvalue weighted by Crippen LogP contribution is -2.02. The molecule has 0 radical (unpaired) electrons. The van der Waals surface area contributed by atoms with Gasteiger partial charge in [0.2, 0.25) is 0 Å². The molecule has 0 aliphatic carbocycles. The van der Waals surface area contributed by atoms with Gasteiger partial charge in [0, 0.05) is 5.56 Å². The van der Waals surface area contributed by atoms with Crippen LogP contribution in [0.2, 0.25) is 0 Å². The van der Waals surface area contributed by atoms with E-state index in [0.717, 1.165) is 16.6 Å². The van der Waals surface area contributed by atoms with Crippen LogP contribution in [0.15, 0.2) is 44.1 Å². The van der Waals surface area contributed by atoms with Gasteiger partial charge in [0.15, 0.2) is 10.5 Å². The molecule has 0 saturated carbocycles. The van der Waals surface area contributed by atoms with Crippen LogP contribution in [0, 0.1) is 0 Å². The molecule has 1 aromatic carbocycles. The molecule has 2 rings (SSSR count). The summed E-state index contributed by atoms with van der Waals surface area (Å²) in [5, 5.41) is 0. The third-order valence-electron chi connectivity index (χ3n) is 2.52. The van der Waals surface area contributed by atoms with Gasteiger partial charge >= 0.3 is 0 Å². The Hall–Kier alpha value is -1.07. The number of benzene rings is 1. The molecule has 2 aromatic rings. The Balaban J connectivity index is 2.25. The summed E-state index contributed by atoms with van der Waals surface area (Å²) in [6.45, 7) is 2.70. The van der Waals surface area contributed by atoms with Gasteiger partial charge < -0.3 is 9.15 Å². The Bertz CT molecular complexity index is 590. The summed E-state index contributed by atoms with van der Waals surface area (Å²) < 4.78 is 11.8. The SMILES string of the molecule is CCCOc1ccc(C(=O)c2ccoc2Br)cc1Br. The fraction of sp³-hybridized carbons (Fsp3) is 0.214. The van der Waals surface area contributed by atoms with E-state index in [-0.39, 0.29) is 5.78 Å². The lowest BCUT2D eigenvalue weighted by atomic mass is 10.1. The average molecular weight is 388 g/mol. The zero-order valence-electron chi connectivity index (χ0n) is 10.3. The van der Waals surface area contributed by atoms with Crippen molar-refractivity contribution in [1.29, 1.82) is 0 Å². The van der Waals surface area contributed by atoms with Crippen molar-refractivity contribution in [2.24, 2.45) is 0 Å². The molecule has 3 nitrogen and oxygen atoms in total. The maximum absolute atomic E-state index is 12.3. The maximum Gasteiger partial charge on any atom is 0.197 e.